The lowest BCUT2D eigenvalue weighted by molar-refractivity contribution is -0.128. The van der Waals surface area contributed by atoms with Gasteiger partial charge < -0.3 is 11.1 Å². The molecule has 2 amide bonds. The zero-order valence-electron chi connectivity index (χ0n) is 12.0. The van der Waals surface area contributed by atoms with Crippen LogP contribution in [0.15, 0.2) is 30.3 Å². The van der Waals surface area contributed by atoms with Crippen molar-refractivity contribution in [1.29, 1.82) is 0 Å². The maximum Gasteiger partial charge on any atom is 0.240 e. The number of primary amides is 1. The van der Waals surface area contributed by atoms with Crippen LogP contribution in [-0.4, -0.2) is 17.9 Å². The van der Waals surface area contributed by atoms with Crippen molar-refractivity contribution in [2.24, 2.45) is 17.6 Å². The van der Waals surface area contributed by atoms with Gasteiger partial charge in [0.05, 0.1) is 0 Å². The number of amides is 2. The highest BCUT2D eigenvalue weighted by molar-refractivity contribution is 5.89. The lowest BCUT2D eigenvalue weighted by Gasteiger charge is -2.17. The molecule has 20 heavy (non-hydrogen) atoms. The fraction of sp³-hybridized carbons (Fsp3) is 0.500. The Kier molecular flexibility index (Phi) is 4.42. The minimum absolute atomic E-state index is 0.0218. The van der Waals surface area contributed by atoms with E-state index in [2.05, 4.69) is 5.32 Å². The molecule has 1 aliphatic rings. The van der Waals surface area contributed by atoms with Crippen LogP contribution in [0.5, 0.6) is 0 Å². The second-order valence-electron chi connectivity index (χ2n) is 5.95. The van der Waals surface area contributed by atoms with Gasteiger partial charge in [0, 0.05) is 5.92 Å². The van der Waals surface area contributed by atoms with Gasteiger partial charge in [0.1, 0.15) is 6.04 Å². The predicted molar refractivity (Wildman–Crippen MR) is 77.9 cm³/mol. The van der Waals surface area contributed by atoms with Gasteiger partial charge in [-0.2, -0.15) is 0 Å². The molecule has 1 aliphatic carbocycles. The standard InChI is InChI=1S/C16H22N2O2/c1-10(2)8-14(15(17)19)18-16(20)13-9-12(13)11-6-4-3-5-7-11/h3-7,10,12-14H,8-9H2,1-2H3,(H2,17,19)(H,18,20)/t12?,13?,14-/m0/s1. The van der Waals surface area contributed by atoms with E-state index in [1.165, 1.54) is 5.56 Å². The fourth-order valence-corrected chi connectivity index (χ4v) is 2.55. The molecule has 3 N–H and O–H groups in total. The Bertz CT molecular complexity index is 485. The molecule has 1 fully saturated rings. The fourth-order valence-electron chi connectivity index (χ4n) is 2.55. The first-order chi connectivity index (χ1) is 9.49. The molecule has 0 spiro atoms. The van der Waals surface area contributed by atoms with Gasteiger partial charge in [-0.15, -0.1) is 0 Å². The van der Waals surface area contributed by atoms with Crippen molar-refractivity contribution >= 4 is 11.8 Å². The van der Waals surface area contributed by atoms with Gasteiger partial charge >= 0.3 is 0 Å². The number of hydrogen-bond donors (Lipinski definition) is 2. The number of nitrogens with two attached hydrogens (primary N) is 1. The molecule has 4 heteroatoms. The Morgan fingerprint density at radius 1 is 1.30 bits per heavy atom. The van der Waals surface area contributed by atoms with E-state index in [0.717, 1.165) is 6.42 Å². The van der Waals surface area contributed by atoms with E-state index in [0.29, 0.717) is 12.3 Å². The normalized spacial score (nSPS) is 22.4. The lowest BCUT2D eigenvalue weighted by Crippen LogP contribution is -2.45. The first kappa shape index (κ1) is 14.6. The van der Waals surface area contributed by atoms with E-state index in [1.54, 1.807) is 0 Å². The number of carbonyl (C=O) groups excluding carboxylic acids is 2. The van der Waals surface area contributed by atoms with Gasteiger partial charge in [-0.1, -0.05) is 44.2 Å². The quantitative estimate of drug-likeness (QED) is 0.830. The first-order valence-electron chi connectivity index (χ1n) is 7.13. The van der Waals surface area contributed by atoms with Gasteiger partial charge in [0.15, 0.2) is 0 Å². The summed E-state index contributed by atoms with van der Waals surface area (Å²) in [6.07, 6.45) is 1.44. The number of hydrogen-bond acceptors (Lipinski definition) is 2. The van der Waals surface area contributed by atoms with Crippen molar-refractivity contribution in [3.05, 3.63) is 35.9 Å². The molecule has 0 heterocycles. The Hall–Kier alpha value is -1.84. The van der Waals surface area contributed by atoms with E-state index >= 15 is 0 Å². The van der Waals surface area contributed by atoms with Crippen LogP contribution >= 0.6 is 0 Å². The van der Waals surface area contributed by atoms with Gasteiger partial charge in [-0.3, -0.25) is 9.59 Å². The van der Waals surface area contributed by atoms with E-state index in [-0.39, 0.29) is 17.7 Å². The summed E-state index contributed by atoms with van der Waals surface area (Å²) in [6.45, 7) is 4.01. The largest absolute Gasteiger partial charge is 0.368 e. The topological polar surface area (TPSA) is 72.2 Å². The summed E-state index contributed by atoms with van der Waals surface area (Å²) in [6, 6.07) is 9.45. The van der Waals surface area contributed by atoms with Crippen molar-refractivity contribution in [2.45, 2.75) is 38.6 Å². The van der Waals surface area contributed by atoms with E-state index in [9.17, 15) is 9.59 Å². The molecule has 0 aliphatic heterocycles. The second-order valence-corrected chi connectivity index (χ2v) is 5.95. The zero-order valence-corrected chi connectivity index (χ0v) is 12.0. The summed E-state index contributed by atoms with van der Waals surface area (Å²) in [5.74, 6) is 0.0689. The van der Waals surface area contributed by atoms with Crippen LogP contribution in [0.1, 0.15) is 38.2 Å². The van der Waals surface area contributed by atoms with Crippen LogP contribution in [-0.2, 0) is 9.59 Å². The zero-order chi connectivity index (χ0) is 14.7. The van der Waals surface area contributed by atoms with Crippen LogP contribution < -0.4 is 11.1 Å². The Balaban J connectivity index is 1.91. The Morgan fingerprint density at radius 2 is 1.95 bits per heavy atom. The van der Waals surface area contributed by atoms with Crippen LogP contribution in [0.3, 0.4) is 0 Å². The second kappa shape index (κ2) is 6.07. The summed E-state index contributed by atoms with van der Waals surface area (Å²) in [5.41, 5.74) is 6.53. The van der Waals surface area contributed by atoms with Crippen molar-refractivity contribution in [3.8, 4) is 0 Å². The molecular formula is C16H22N2O2. The van der Waals surface area contributed by atoms with E-state index < -0.39 is 11.9 Å². The number of rotatable bonds is 6. The minimum atomic E-state index is -0.556. The summed E-state index contributed by atoms with van der Waals surface area (Å²) in [5, 5.41) is 2.80. The summed E-state index contributed by atoms with van der Waals surface area (Å²) in [7, 11) is 0. The molecule has 0 aromatic heterocycles. The third-order valence-corrected chi connectivity index (χ3v) is 3.72. The molecule has 0 saturated heterocycles. The van der Waals surface area contributed by atoms with Crippen LogP contribution in [0.25, 0.3) is 0 Å². The van der Waals surface area contributed by atoms with Crippen molar-refractivity contribution in [3.63, 3.8) is 0 Å². The smallest absolute Gasteiger partial charge is 0.240 e. The summed E-state index contributed by atoms with van der Waals surface area (Å²) in [4.78, 5) is 23.5. The van der Waals surface area contributed by atoms with E-state index in [4.69, 9.17) is 5.73 Å². The monoisotopic (exact) mass is 274 g/mol. The Morgan fingerprint density at radius 3 is 2.50 bits per heavy atom. The highest BCUT2D eigenvalue weighted by atomic mass is 16.2. The maximum absolute atomic E-state index is 12.2. The van der Waals surface area contributed by atoms with E-state index in [1.807, 2.05) is 44.2 Å². The molecule has 4 nitrogen and oxygen atoms in total. The average molecular weight is 274 g/mol. The van der Waals surface area contributed by atoms with Gasteiger partial charge in [0.2, 0.25) is 11.8 Å². The molecule has 0 radical (unpaired) electrons. The number of carbonyl (C=O) groups is 2. The molecule has 1 saturated carbocycles. The Labute approximate surface area is 119 Å². The summed E-state index contributed by atoms with van der Waals surface area (Å²) < 4.78 is 0. The van der Waals surface area contributed by atoms with Crippen molar-refractivity contribution in [2.75, 3.05) is 0 Å². The lowest BCUT2D eigenvalue weighted by atomic mass is 10.0. The highest BCUT2D eigenvalue weighted by Crippen LogP contribution is 2.47. The molecular weight excluding hydrogens is 252 g/mol. The molecule has 2 unspecified atom stereocenters. The van der Waals surface area contributed by atoms with Crippen LogP contribution in [0.4, 0.5) is 0 Å². The maximum atomic E-state index is 12.2. The van der Waals surface area contributed by atoms with Crippen molar-refractivity contribution in [1.82, 2.24) is 5.32 Å². The number of nitrogens with one attached hydrogen (secondary N) is 1. The molecule has 108 valence electrons. The van der Waals surface area contributed by atoms with Gasteiger partial charge in [-0.05, 0) is 30.2 Å². The molecule has 2 rings (SSSR count). The van der Waals surface area contributed by atoms with Gasteiger partial charge in [0.25, 0.3) is 0 Å². The predicted octanol–water partition coefficient (Wildman–Crippen LogP) is 1.81. The first-order valence-corrected chi connectivity index (χ1v) is 7.13. The molecule has 3 atom stereocenters. The van der Waals surface area contributed by atoms with Gasteiger partial charge in [-0.25, -0.2) is 0 Å². The third-order valence-electron chi connectivity index (χ3n) is 3.72. The third kappa shape index (κ3) is 3.59. The average Bonchev–Trinajstić information content (AvgIpc) is 3.18. The highest BCUT2D eigenvalue weighted by Gasteiger charge is 2.44. The minimum Gasteiger partial charge on any atom is -0.368 e. The van der Waals surface area contributed by atoms with Crippen LogP contribution in [0.2, 0.25) is 0 Å². The number of benzene rings is 1. The summed E-state index contributed by atoms with van der Waals surface area (Å²) >= 11 is 0. The molecule has 0 bridgehead atoms. The SMILES string of the molecule is CC(C)C[C@H](NC(=O)C1CC1c1ccccc1)C(N)=O. The van der Waals surface area contributed by atoms with Crippen molar-refractivity contribution < 1.29 is 9.59 Å². The molecule has 1 aromatic carbocycles. The van der Waals surface area contributed by atoms with Crippen LogP contribution in [0, 0.1) is 11.8 Å². The molecule has 1 aromatic rings.